The average molecular weight is 750 g/mol. The van der Waals surface area contributed by atoms with Gasteiger partial charge in [-0.3, -0.25) is 14.6 Å². The van der Waals surface area contributed by atoms with Crippen molar-refractivity contribution in [2.24, 2.45) is 11.3 Å². The van der Waals surface area contributed by atoms with Crippen LogP contribution in [0.5, 0.6) is 5.75 Å². The number of nitrogens with one attached hydrogen (secondary N) is 2. The molecule has 288 valence electrons. The lowest BCUT2D eigenvalue weighted by atomic mass is 9.70. The standard InChI is InChI=1S/C43H47N3O9/c1-7-13-30-34-25(4)32(48)23-43(30,52)19-11-9-8-10-15-33(34)54-40-37(55-41(51)45-20-12-14-24(2)3)39(50)42(6,26(5)53-40)38(49)36-35-28(18-21-44-36)29-22-27(47)16-17-31(29)46-35/h8-9,13,16-18,21-22,24,26,33,37,39-40,46-47,50,52H,7,12,14,20,23H2,1-6H3,(H,45,51)/b9-8-,30-13+/t26?,33-,37?,39?,40?,42?,43-/m0/s1. The van der Waals surface area contributed by atoms with Gasteiger partial charge in [0.05, 0.1) is 23.5 Å². The number of phenolic OH excluding ortho intramolecular Hbond substituents is 1. The second kappa shape index (κ2) is 15.9. The number of phenols is 1. The number of Topliss-reactive ketones (excluding diaryl/α,β-unsaturated/α-hetero) is 2. The van der Waals surface area contributed by atoms with Crippen molar-refractivity contribution in [1.29, 1.82) is 0 Å². The first-order valence-corrected chi connectivity index (χ1v) is 18.6. The topological polar surface area (TPSA) is 180 Å². The maximum Gasteiger partial charge on any atom is 0.407 e. The Labute approximate surface area is 320 Å². The number of ketones is 2. The molecule has 2 aliphatic carbocycles. The molecule has 1 aromatic carbocycles. The van der Waals surface area contributed by atoms with Crippen molar-refractivity contribution in [2.45, 2.75) is 104 Å². The van der Waals surface area contributed by atoms with Gasteiger partial charge in [-0.15, -0.1) is 0 Å². The van der Waals surface area contributed by atoms with Crippen molar-refractivity contribution in [3.8, 4) is 29.4 Å². The number of aromatic nitrogens is 2. The van der Waals surface area contributed by atoms with E-state index in [2.05, 4.69) is 52.8 Å². The second-order valence-corrected chi connectivity index (χ2v) is 14.9. The molecule has 0 spiro atoms. The number of carbonyl (C=O) groups excluding carboxylic acids is 3. The number of carbonyl (C=O) groups is 3. The molecule has 3 heterocycles. The van der Waals surface area contributed by atoms with Crippen molar-refractivity contribution in [3.05, 3.63) is 71.1 Å². The van der Waals surface area contributed by atoms with Crippen LogP contribution in [0.1, 0.15) is 77.7 Å². The number of hydrogen-bond acceptors (Lipinski definition) is 10. The van der Waals surface area contributed by atoms with Gasteiger partial charge in [-0.25, -0.2) is 4.79 Å². The number of ether oxygens (including phenoxy) is 3. The number of allylic oxidation sites excluding steroid dienone is 4. The van der Waals surface area contributed by atoms with Crippen molar-refractivity contribution in [2.75, 3.05) is 6.54 Å². The number of benzene rings is 1. The Morgan fingerprint density at radius 1 is 1.20 bits per heavy atom. The largest absolute Gasteiger partial charge is 0.508 e. The summed E-state index contributed by atoms with van der Waals surface area (Å²) in [5.41, 5.74) is -1.51. The van der Waals surface area contributed by atoms with Gasteiger partial charge >= 0.3 is 6.09 Å². The minimum absolute atomic E-state index is 0.0164. The molecule has 3 aromatic rings. The summed E-state index contributed by atoms with van der Waals surface area (Å²) in [7, 11) is 0. The van der Waals surface area contributed by atoms with Gasteiger partial charge in [0.15, 0.2) is 29.6 Å². The lowest BCUT2D eigenvalue weighted by Crippen LogP contribution is -2.64. The summed E-state index contributed by atoms with van der Waals surface area (Å²) >= 11 is 0. The number of amides is 1. The van der Waals surface area contributed by atoms with E-state index in [0.29, 0.717) is 63.8 Å². The summed E-state index contributed by atoms with van der Waals surface area (Å²) in [5.74, 6) is 11.0. The summed E-state index contributed by atoms with van der Waals surface area (Å²) in [6, 6.07) is 6.52. The van der Waals surface area contributed by atoms with Gasteiger partial charge in [-0.1, -0.05) is 50.5 Å². The molecule has 1 amide bonds. The average Bonchev–Trinajstić information content (AvgIpc) is 3.51. The van der Waals surface area contributed by atoms with Crippen LogP contribution in [-0.4, -0.2) is 85.8 Å². The molecule has 12 heteroatoms. The Morgan fingerprint density at radius 3 is 2.71 bits per heavy atom. The minimum atomic E-state index is -1.82. The summed E-state index contributed by atoms with van der Waals surface area (Å²) in [5, 5.41) is 38.3. The van der Waals surface area contributed by atoms with Gasteiger partial charge in [0.1, 0.15) is 23.7 Å². The quantitative estimate of drug-likeness (QED) is 0.100. The van der Waals surface area contributed by atoms with E-state index in [1.54, 1.807) is 38.1 Å². The van der Waals surface area contributed by atoms with Crippen molar-refractivity contribution >= 4 is 39.5 Å². The molecule has 0 saturated carbocycles. The number of pyridine rings is 1. The predicted molar refractivity (Wildman–Crippen MR) is 206 cm³/mol. The van der Waals surface area contributed by atoms with Gasteiger partial charge in [0.2, 0.25) is 0 Å². The van der Waals surface area contributed by atoms with E-state index < -0.39 is 53.6 Å². The first kappa shape index (κ1) is 39.5. The highest BCUT2D eigenvalue weighted by Gasteiger charge is 2.59. The molecule has 7 atom stereocenters. The van der Waals surface area contributed by atoms with Crippen LogP contribution in [0.15, 0.2) is 65.4 Å². The van der Waals surface area contributed by atoms with Crippen LogP contribution in [0, 0.1) is 35.0 Å². The highest BCUT2D eigenvalue weighted by molar-refractivity contribution is 6.16. The molecule has 1 saturated heterocycles. The first-order chi connectivity index (χ1) is 26.2. The molecular weight excluding hydrogens is 702 g/mol. The molecule has 12 nitrogen and oxygen atoms in total. The number of rotatable bonds is 10. The lowest BCUT2D eigenvalue weighted by Gasteiger charge is -2.48. The number of alkyl carbamates (subject to hydrolysis) is 1. The van der Waals surface area contributed by atoms with Crippen LogP contribution in [0.25, 0.3) is 21.8 Å². The van der Waals surface area contributed by atoms with Gasteiger partial charge in [0.25, 0.3) is 0 Å². The lowest BCUT2D eigenvalue weighted by molar-refractivity contribution is -0.295. The van der Waals surface area contributed by atoms with Crippen molar-refractivity contribution in [1.82, 2.24) is 15.3 Å². The van der Waals surface area contributed by atoms with Gasteiger partial charge in [-0.2, -0.15) is 0 Å². The van der Waals surface area contributed by atoms with Crippen molar-refractivity contribution in [3.63, 3.8) is 0 Å². The van der Waals surface area contributed by atoms with E-state index in [4.69, 9.17) is 14.2 Å². The van der Waals surface area contributed by atoms with Crippen LogP contribution in [-0.2, 0) is 19.0 Å². The summed E-state index contributed by atoms with van der Waals surface area (Å²) in [4.78, 5) is 49.1. The number of fused-ring (bicyclic) bond motifs is 5. The fourth-order valence-corrected chi connectivity index (χ4v) is 7.45. The Morgan fingerprint density at radius 2 is 1.96 bits per heavy atom. The number of aliphatic hydroxyl groups is 2. The maximum absolute atomic E-state index is 14.7. The fraction of sp³-hybridized carbons (Fsp3) is 0.442. The molecule has 55 heavy (non-hydrogen) atoms. The minimum Gasteiger partial charge on any atom is -0.508 e. The van der Waals surface area contributed by atoms with Crippen LogP contribution in [0.2, 0.25) is 0 Å². The van der Waals surface area contributed by atoms with E-state index in [1.165, 1.54) is 31.3 Å². The third-order valence-electron chi connectivity index (χ3n) is 10.7. The smallest absolute Gasteiger partial charge is 0.407 e. The second-order valence-electron chi connectivity index (χ2n) is 14.9. The Hall–Kier alpha value is -5.24. The zero-order valence-electron chi connectivity index (χ0n) is 31.9. The number of aliphatic hydroxyl groups excluding tert-OH is 1. The van der Waals surface area contributed by atoms with Crippen LogP contribution < -0.4 is 5.32 Å². The van der Waals surface area contributed by atoms with Crippen molar-refractivity contribution < 1.29 is 43.9 Å². The summed E-state index contributed by atoms with van der Waals surface area (Å²) < 4.78 is 18.9. The molecule has 0 radical (unpaired) electrons. The van der Waals surface area contributed by atoms with E-state index in [9.17, 15) is 29.7 Å². The van der Waals surface area contributed by atoms with E-state index in [1.807, 2.05) is 6.92 Å². The number of aromatic amines is 1. The molecule has 2 bridgehead atoms. The van der Waals surface area contributed by atoms with Gasteiger partial charge < -0.3 is 39.8 Å². The number of H-pyrrole nitrogens is 1. The Bertz CT molecular complexity index is 2250. The summed E-state index contributed by atoms with van der Waals surface area (Å²) in [6.45, 7) is 11.1. The van der Waals surface area contributed by atoms with E-state index in [0.717, 1.165) is 6.42 Å². The molecule has 1 fully saturated rings. The number of hydrogen-bond donors (Lipinski definition) is 5. The maximum atomic E-state index is 14.7. The SMILES string of the molecule is CC/C=C1\C2=C(C)C(=O)C[C@@]1(O)C#C/C=C\C#C[C@@H]2OC1OC(C)C(C)(C(=O)c2nccc3c2[nH]c2ccc(O)cc23)C(O)C1OC(=O)NCCCC(C)C. The number of nitrogens with zero attached hydrogens (tertiary/aromatic N) is 1. The highest BCUT2D eigenvalue weighted by Crippen LogP contribution is 2.44. The third kappa shape index (κ3) is 7.56. The van der Waals surface area contributed by atoms with Gasteiger partial charge in [0, 0.05) is 34.6 Å². The fourth-order valence-electron chi connectivity index (χ4n) is 7.45. The zero-order valence-corrected chi connectivity index (χ0v) is 31.9. The predicted octanol–water partition coefficient (Wildman–Crippen LogP) is 5.57. The molecule has 1 aliphatic heterocycles. The molecular formula is C43H47N3O9. The molecule has 5 N–H and O–H groups in total. The molecule has 2 aromatic heterocycles. The Balaban J connectivity index is 1.40. The van der Waals surface area contributed by atoms with Crippen LogP contribution >= 0.6 is 0 Å². The van der Waals surface area contributed by atoms with E-state index >= 15 is 0 Å². The van der Waals surface area contributed by atoms with E-state index in [-0.39, 0.29) is 23.6 Å². The monoisotopic (exact) mass is 749 g/mol. The van der Waals surface area contributed by atoms with Crippen LogP contribution in [0.3, 0.4) is 0 Å². The Kier molecular flexibility index (Phi) is 11.4. The first-order valence-electron chi connectivity index (χ1n) is 18.6. The number of aromatic hydroxyl groups is 1. The molecule has 3 aliphatic rings. The normalized spacial score (nSPS) is 29.1. The summed E-state index contributed by atoms with van der Waals surface area (Å²) in [6.07, 6.45) is 0.0707. The third-order valence-corrected chi connectivity index (χ3v) is 10.7. The molecule has 6 rings (SSSR count). The molecule has 5 unspecified atom stereocenters. The zero-order chi connectivity index (χ0) is 39.7. The van der Waals surface area contributed by atoms with Crippen LogP contribution in [0.4, 0.5) is 4.79 Å². The highest BCUT2D eigenvalue weighted by atomic mass is 16.7. The van der Waals surface area contributed by atoms with Gasteiger partial charge in [-0.05, 0) is 93.5 Å².